The monoisotopic (exact) mass is 445 g/mol. The normalized spacial score (nSPS) is 14.1. The third kappa shape index (κ3) is 4.06. The Morgan fingerprint density at radius 1 is 1.00 bits per heavy atom. The molecule has 0 saturated heterocycles. The van der Waals surface area contributed by atoms with Gasteiger partial charge in [0.25, 0.3) is 5.56 Å². The second kappa shape index (κ2) is 8.63. The molecule has 5 nitrogen and oxygen atoms in total. The molecule has 1 aliphatic carbocycles. The first kappa shape index (κ1) is 20.5. The van der Waals surface area contributed by atoms with Crippen molar-refractivity contribution in [2.24, 2.45) is 0 Å². The molecule has 1 aliphatic rings. The third-order valence-electron chi connectivity index (χ3n) is 6.03. The molecule has 1 heterocycles. The smallest absolute Gasteiger partial charge is 0.335 e. The van der Waals surface area contributed by atoms with Crippen LogP contribution in [0.2, 0.25) is 0 Å². The van der Waals surface area contributed by atoms with E-state index in [4.69, 9.17) is 9.84 Å². The molecule has 0 unspecified atom stereocenters. The molecular weight excluding hydrogens is 422 g/mol. The van der Waals surface area contributed by atoms with Crippen molar-refractivity contribution in [3.05, 3.63) is 88.2 Å². The number of carboxylic acid groups (broad SMARTS) is 1. The van der Waals surface area contributed by atoms with Crippen molar-refractivity contribution in [3.63, 3.8) is 0 Å². The third-order valence-corrected chi connectivity index (χ3v) is 7.23. The van der Waals surface area contributed by atoms with E-state index in [9.17, 15) is 9.59 Å². The van der Waals surface area contributed by atoms with Crippen molar-refractivity contribution in [2.75, 3.05) is 0 Å². The summed E-state index contributed by atoms with van der Waals surface area (Å²) in [6.45, 7) is 0.408. The lowest BCUT2D eigenvalue weighted by Gasteiger charge is -2.09. The summed E-state index contributed by atoms with van der Waals surface area (Å²) in [5, 5.41) is 9.84. The van der Waals surface area contributed by atoms with Gasteiger partial charge < -0.3 is 9.84 Å². The van der Waals surface area contributed by atoms with E-state index in [0.717, 1.165) is 45.4 Å². The molecule has 1 saturated carbocycles. The van der Waals surface area contributed by atoms with Gasteiger partial charge in [-0.3, -0.25) is 8.75 Å². The van der Waals surface area contributed by atoms with E-state index in [1.807, 2.05) is 58.6 Å². The molecule has 5 rings (SSSR count). The highest BCUT2D eigenvalue weighted by molar-refractivity contribution is 7.13. The fourth-order valence-corrected chi connectivity index (χ4v) is 5.48. The Morgan fingerprint density at radius 2 is 1.78 bits per heavy atom. The van der Waals surface area contributed by atoms with Gasteiger partial charge in [-0.1, -0.05) is 54.7 Å². The lowest BCUT2D eigenvalue weighted by molar-refractivity contribution is 0.0697. The number of nitrogens with zero attached hydrogens (tertiary/aromatic N) is 1. The second-order valence-electron chi connectivity index (χ2n) is 8.19. The zero-order chi connectivity index (χ0) is 22.1. The van der Waals surface area contributed by atoms with Gasteiger partial charge in [-0.2, -0.15) is 0 Å². The highest BCUT2D eigenvalue weighted by Gasteiger charge is 2.21. The zero-order valence-corrected chi connectivity index (χ0v) is 18.3. The van der Waals surface area contributed by atoms with Crippen LogP contribution in [0.1, 0.15) is 47.6 Å². The van der Waals surface area contributed by atoms with Gasteiger partial charge in [-0.05, 0) is 65.9 Å². The molecule has 6 heteroatoms. The van der Waals surface area contributed by atoms with Crippen molar-refractivity contribution < 1.29 is 14.6 Å². The van der Waals surface area contributed by atoms with E-state index < -0.39 is 5.97 Å². The summed E-state index contributed by atoms with van der Waals surface area (Å²) in [6.07, 6.45) is 4.57. The number of carboxylic acids is 1. The molecule has 32 heavy (non-hydrogen) atoms. The molecular formula is C26H23NO4S. The topological polar surface area (TPSA) is 68.5 Å². The minimum atomic E-state index is -0.931. The summed E-state index contributed by atoms with van der Waals surface area (Å²) in [5.41, 5.74) is 3.36. The van der Waals surface area contributed by atoms with Crippen molar-refractivity contribution >= 4 is 27.6 Å². The average molecular weight is 446 g/mol. The maximum atomic E-state index is 12.7. The van der Waals surface area contributed by atoms with Crippen LogP contribution in [0.5, 0.6) is 5.75 Å². The van der Waals surface area contributed by atoms with Crippen LogP contribution in [0, 0.1) is 0 Å². The SMILES string of the molecule is O=C(O)c1ccc(-c2cccc(COc3ccc4c(=O)n(C5CCCC5)sc4c3)c2)cc1. The van der Waals surface area contributed by atoms with Crippen LogP contribution < -0.4 is 10.3 Å². The first-order chi connectivity index (χ1) is 15.6. The van der Waals surface area contributed by atoms with E-state index in [1.54, 1.807) is 23.7 Å². The first-order valence-electron chi connectivity index (χ1n) is 10.8. The Labute approximate surface area is 189 Å². The van der Waals surface area contributed by atoms with E-state index in [2.05, 4.69) is 0 Å². The summed E-state index contributed by atoms with van der Waals surface area (Å²) in [6, 6.07) is 20.9. The maximum Gasteiger partial charge on any atom is 0.335 e. The fraction of sp³-hybridized carbons (Fsp3) is 0.231. The lowest BCUT2D eigenvalue weighted by atomic mass is 10.0. The van der Waals surface area contributed by atoms with Gasteiger partial charge in [0, 0.05) is 6.04 Å². The second-order valence-corrected chi connectivity index (χ2v) is 9.21. The number of hydrogen-bond donors (Lipinski definition) is 1. The quantitative estimate of drug-likeness (QED) is 0.388. The van der Waals surface area contributed by atoms with Gasteiger partial charge in [0.2, 0.25) is 0 Å². The molecule has 0 radical (unpaired) electrons. The molecule has 0 amide bonds. The number of rotatable bonds is 6. The van der Waals surface area contributed by atoms with E-state index in [-0.39, 0.29) is 11.1 Å². The molecule has 3 aromatic carbocycles. The van der Waals surface area contributed by atoms with Crippen LogP contribution in [0.3, 0.4) is 0 Å². The van der Waals surface area contributed by atoms with E-state index >= 15 is 0 Å². The highest BCUT2D eigenvalue weighted by atomic mass is 32.1. The Balaban J connectivity index is 1.32. The number of fused-ring (bicyclic) bond motifs is 1. The number of hydrogen-bond acceptors (Lipinski definition) is 4. The van der Waals surface area contributed by atoms with Crippen LogP contribution in [0.4, 0.5) is 0 Å². The van der Waals surface area contributed by atoms with Crippen LogP contribution >= 0.6 is 11.5 Å². The molecule has 0 spiro atoms. The van der Waals surface area contributed by atoms with Crippen molar-refractivity contribution in [1.29, 1.82) is 0 Å². The van der Waals surface area contributed by atoms with Gasteiger partial charge in [0.1, 0.15) is 12.4 Å². The standard InChI is InChI=1S/C26H23NO4S/c28-25-23-13-12-22(15-24(23)32-27(25)21-6-1-2-7-21)31-16-17-4-3-5-20(14-17)18-8-10-19(11-9-18)26(29)30/h3-5,8-15,21H,1-2,6-7,16H2,(H,29,30). The number of carbonyl (C=O) groups is 1. The predicted molar refractivity (Wildman–Crippen MR) is 127 cm³/mol. The Bertz CT molecular complexity index is 1330. The summed E-state index contributed by atoms with van der Waals surface area (Å²) in [5.74, 6) is -0.187. The van der Waals surface area contributed by atoms with Crippen LogP contribution in [-0.2, 0) is 6.61 Å². The number of ether oxygens (including phenoxy) is 1. The first-order valence-corrected chi connectivity index (χ1v) is 11.6. The molecule has 1 aromatic heterocycles. The Morgan fingerprint density at radius 3 is 2.53 bits per heavy atom. The highest BCUT2D eigenvalue weighted by Crippen LogP contribution is 2.33. The summed E-state index contributed by atoms with van der Waals surface area (Å²) in [4.78, 5) is 23.8. The maximum absolute atomic E-state index is 12.7. The van der Waals surface area contributed by atoms with Crippen LogP contribution in [-0.4, -0.2) is 15.0 Å². The largest absolute Gasteiger partial charge is 0.489 e. The number of aromatic nitrogens is 1. The number of benzene rings is 3. The van der Waals surface area contributed by atoms with Crippen molar-refractivity contribution in [2.45, 2.75) is 38.3 Å². The van der Waals surface area contributed by atoms with Gasteiger partial charge in [-0.25, -0.2) is 4.79 Å². The number of aromatic carboxylic acids is 1. The molecule has 1 fully saturated rings. The zero-order valence-electron chi connectivity index (χ0n) is 17.5. The fourth-order valence-electron chi connectivity index (χ4n) is 4.30. The van der Waals surface area contributed by atoms with Gasteiger partial charge in [-0.15, -0.1) is 0 Å². The minimum absolute atomic E-state index is 0.116. The summed E-state index contributed by atoms with van der Waals surface area (Å²) in [7, 11) is 0. The Kier molecular flexibility index (Phi) is 5.53. The predicted octanol–water partition coefficient (Wildman–Crippen LogP) is 6.12. The lowest BCUT2D eigenvalue weighted by Crippen LogP contribution is -2.16. The molecule has 0 aliphatic heterocycles. The van der Waals surface area contributed by atoms with Gasteiger partial charge in [0.15, 0.2) is 0 Å². The summed E-state index contributed by atoms with van der Waals surface area (Å²) >= 11 is 1.54. The molecule has 0 atom stereocenters. The van der Waals surface area contributed by atoms with E-state index in [1.165, 1.54) is 12.8 Å². The molecule has 4 aromatic rings. The molecule has 0 bridgehead atoms. The molecule has 1 N–H and O–H groups in total. The van der Waals surface area contributed by atoms with Crippen LogP contribution in [0.25, 0.3) is 21.2 Å². The van der Waals surface area contributed by atoms with Crippen molar-refractivity contribution in [1.82, 2.24) is 3.96 Å². The van der Waals surface area contributed by atoms with Gasteiger partial charge in [0.05, 0.1) is 15.6 Å². The molecule has 162 valence electrons. The summed E-state index contributed by atoms with van der Waals surface area (Å²) < 4.78 is 8.94. The minimum Gasteiger partial charge on any atom is -0.489 e. The van der Waals surface area contributed by atoms with E-state index in [0.29, 0.717) is 12.6 Å². The van der Waals surface area contributed by atoms with Gasteiger partial charge >= 0.3 is 5.97 Å². The van der Waals surface area contributed by atoms with Crippen molar-refractivity contribution in [3.8, 4) is 16.9 Å². The average Bonchev–Trinajstić information content (AvgIpc) is 3.46. The Hall–Kier alpha value is -3.38. The van der Waals surface area contributed by atoms with Crippen LogP contribution in [0.15, 0.2) is 71.5 Å².